The second-order valence-electron chi connectivity index (χ2n) is 14.7. The molecule has 0 aliphatic heterocycles. The molecule has 2 nitrogen and oxygen atoms in total. The zero-order valence-corrected chi connectivity index (χ0v) is 29.4. The Labute approximate surface area is 311 Å². The monoisotopic (exact) mass is 688 g/mol. The zero-order valence-electron chi connectivity index (χ0n) is 29.4. The Morgan fingerprint density at radius 2 is 0.981 bits per heavy atom. The van der Waals surface area contributed by atoms with E-state index in [-0.39, 0.29) is 0 Å². The summed E-state index contributed by atoms with van der Waals surface area (Å²) in [6.07, 6.45) is 6.82. The van der Waals surface area contributed by atoms with Gasteiger partial charge in [-0.25, -0.2) is 0 Å². The van der Waals surface area contributed by atoms with Crippen molar-refractivity contribution in [1.29, 1.82) is 0 Å². The fourth-order valence-electron chi connectivity index (χ4n) is 9.13. The normalized spacial score (nSPS) is 13.0. The van der Waals surface area contributed by atoms with Crippen LogP contribution in [0.3, 0.4) is 0 Å². The van der Waals surface area contributed by atoms with Crippen molar-refractivity contribution in [3.63, 3.8) is 0 Å². The van der Waals surface area contributed by atoms with Crippen molar-refractivity contribution in [2.75, 3.05) is 0 Å². The van der Waals surface area contributed by atoms with Crippen molar-refractivity contribution in [2.24, 2.45) is 0 Å². The Hall–Kier alpha value is -6.90. The molecule has 0 atom stereocenters. The van der Waals surface area contributed by atoms with E-state index in [9.17, 15) is 0 Å². The molecule has 0 saturated carbocycles. The molecule has 54 heavy (non-hydrogen) atoms. The molecule has 0 spiro atoms. The number of allylic oxidation sites excluding steroid dienone is 1. The lowest BCUT2D eigenvalue weighted by Gasteiger charge is -2.20. The fraction of sp³-hybridized carbons (Fsp3) is 0.0385. The first kappa shape index (κ1) is 29.7. The highest BCUT2D eigenvalue weighted by Crippen LogP contribution is 2.44. The summed E-state index contributed by atoms with van der Waals surface area (Å²) in [5, 5.41) is 12.0. The molecule has 2 heteroatoms. The summed E-state index contributed by atoms with van der Waals surface area (Å²) in [6.45, 7) is 0. The third-order valence-corrected chi connectivity index (χ3v) is 11.7. The molecule has 2 aromatic heterocycles. The third kappa shape index (κ3) is 4.34. The van der Waals surface area contributed by atoms with Crippen LogP contribution in [0.1, 0.15) is 17.5 Å². The number of hydrogen-bond acceptors (Lipinski definition) is 2. The van der Waals surface area contributed by atoms with Crippen LogP contribution >= 0.6 is 0 Å². The second-order valence-corrected chi connectivity index (χ2v) is 14.7. The molecule has 0 saturated heterocycles. The van der Waals surface area contributed by atoms with E-state index in [1.807, 2.05) is 0 Å². The van der Waals surface area contributed by atoms with E-state index in [1.165, 1.54) is 71.3 Å². The summed E-state index contributed by atoms with van der Waals surface area (Å²) in [4.78, 5) is 0. The van der Waals surface area contributed by atoms with Gasteiger partial charge in [0.2, 0.25) is 0 Å². The van der Waals surface area contributed by atoms with Crippen molar-refractivity contribution in [3.05, 3.63) is 175 Å². The van der Waals surface area contributed by atoms with Gasteiger partial charge < -0.3 is 8.83 Å². The molecule has 9 aromatic carbocycles. The minimum atomic E-state index is 0.789. The van der Waals surface area contributed by atoms with Crippen LogP contribution in [0.4, 0.5) is 0 Å². The minimum Gasteiger partial charge on any atom is -0.452 e. The average molecular weight is 689 g/mol. The summed E-state index contributed by atoms with van der Waals surface area (Å²) in [7, 11) is 0. The van der Waals surface area contributed by atoms with E-state index in [1.54, 1.807) is 0 Å². The van der Waals surface area contributed by atoms with Gasteiger partial charge in [0, 0.05) is 21.5 Å². The minimum absolute atomic E-state index is 0.789. The number of rotatable bonds is 3. The summed E-state index contributed by atoms with van der Waals surface area (Å²) in [5.74, 6) is 0. The van der Waals surface area contributed by atoms with E-state index in [4.69, 9.17) is 8.83 Å². The van der Waals surface area contributed by atoms with Crippen LogP contribution in [-0.4, -0.2) is 0 Å². The molecule has 0 bridgehead atoms. The Bertz CT molecular complexity index is 3390. The van der Waals surface area contributed by atoms with Crippen LogP contribution in [0, 0.1) is 0 Å². The number of furan rings is 2. The van der Waals surface area contributed by atoms with Gasteiger partial charge in [-0.15, -0.1) is 0 Å². The smallest absolute Gasteiger partial charge is 0.178 e. The van der Waals surface area contributed by atoms with Gasteiger partial charge in [-0.1, -0.05) is 121 Å². The van der Waals surface area contributed by atoms with Crippen molar-refractivity contribution >= 4 is 82.3 Å². The van der Waals surface area contributed by atoms with Gasteiger partial charge in [0.05, 0.1) is 0 Å². The van der Waals surface area contributed by atoms with Gasteiger partial charge in [0.15, 0.2) is 11.2 Å². The SMILES string of the molecule is C1=Cc2c(-c3cccc4c(-c5ccc6oc7c(ccc8c9cc(-c%10ccc%11ccccc%11c%10)ccc9oc87)c6c5)cccc34)cc3ccccc3c2CC1. The molecule has 2 heterocycles. The lowest BCUT2D eigenvalue weighted by Crippen LogP contribution is -1.99. The maximum atomic E-state index is 6.60. The summed E-state index contributed by atoms with van der Waals surface area (Å²) < 4.78 is 13.2. The number of aryl methyl sites for hydroxylation is 1. The van der Waals surface area contributed by atoms with Gasteiger partial charge in [0.25, 0.3) is 0 Å². The molecule has 252 valence electrons. The van der Waals surface area contributed by atoms with Crippen molar-refractivity contribution in [2.45, 2.75) is 12.8 Å². The highest BCUT2D eigenvalue weighted by molar-refractivity contribution is 6.20. The highest BCUT2D eigenvalue weighted by atomic mass is 16.4. The molecular formula is C52H32O2. The number of hydrogen-bond donors (Lipinski definition) is 0. The Morgan fingerprint density at radius 1 is 0.370 bits per heavy atom. The van der Waals surface area contributed by atoms with Gasteiger partial charge in [-0.05, 0) is 138 Å². The predicted octanol–water partition coefficient (Wildman–Crippen LogP) is 14.9. The predicted molar refractivity (Wildman–Crippen MR) is 227 cm³/mol. The quantitative estimate of drug-likeness (QED) is 0.185. The number of fused-ring (bicyclic) bond motifs is 12. The average Bonchev–Trinajstić information content (AvgIpc) is 3.81. The zero-order chi connectivity index (χ0) is 35.3. The Morgan fingerprint density at radius 3 is 1.78 bits per heavy atom. The van der Waals surface area contributed by atoms with Crippen molar-refractivity contribution < 1.29 is 8.83 Å². The molecule has 0 fully saturated rings. The molecule has 1 aliphatic rings. The largest absolute Gasteiger partial charge is 0.452 e. The Balaban J connectivity index is 0.991. The fourth-order valence-corrected chi connectivity index (χ4v) is 9.13. The van der Waals surface area contributed by atoms with Crippen LogP contribution in [0.15, 0.2) is 173 Å². The van der Waals surface area contributed by atoms with Crippen LogP contribution in [0.2, 0.25) is 0 Å². The topological polar surface area (TPSA) is 26.3 Å². The standard InChI is InChI=1S/C52H32O2/c1-2-10-32-27-33(20-19-31(32)9-1)34-21-25-49-47(28-34)44-23-24-45-48-30-36(22-26-50(48)54-52(45)51(44)53-49)38-15-7-17-41-40(38)16-8-18-43(41)46-29-35-11-3-4-12-37(35)39-13-5-6-14-42(39)46/h1-4,6-12,14-30H,5,13H2. The van der Waals surface area contributed by atoms with E-state index in [0.29, 0.717) is 0 Å². The van der Waals surface area contributed by atoms with Crippen LogP contribution in [0.25, 0.3) is 116 Å². The molecule has 0 unspecified atom stereocenters. The molecular weight excluding hydrogens is 657 g/mol. The second kappa shape index (κ2) is 11.3. The first-order valence-corrected chi connectivity index (χ1v) is 18.8. The lowest BCUT2D eigenvalue weighted by atomic mass is 9.84. The van der Waals surface area contributed by atoms with Crippen LogP contribution < -0.4 is 0 Å². The van der Waals surface area contributed by atoms with Gasteiger partial charge >= 0.3 is 0 Å². The van der Waals surface area contributed by atoms with Crippen LogP contribution in [-0.2, 0) is 6.42 Å². The summed E-state index contributed by atoms with van der Waals surface area (Å²) in [5.41, 5.74) is 13.4. The molecule has 0 radical (unpaired) electrons. The molecule has 11 aromatic rings. The molecule has 12 rings (SSSR count). The van der Waals surface area contributed by atoms with Crippen LogP contribution in [0.5, 0.6) is 0 Å². The van der Waals surface area contributed by atoms with E-state index in [2.05, 4.69) is 170 Å². The first-order valence-electron chi connectivity index (χ1n) is 18.8. The Kier molecular flexibility index (Phi) is 6.20. The van der Waals surface area contributed by atoms with E-state index >= 15 is 0 Å². The van der Waals surface area contributed by atoms with Crippen molar-refractivity contribution in [1.82, 2.24) is 0 Å². The molecule has 0 amide bonds. The third-order valence-electron chi connectivity index (χ3n) is 11.7. The van der Waals surface area contributed by atoms with Crippen molar-refractivity contribution in [3.8, 4) is 33.4 Å². The van der Waals surface area contributed by atoms with Gasteiger partial charge in [-0.2, -0.15) is 0 Å². The van der Waals surface area contributed by atoms with E-state index in [0.717, 1.165) is 62.3 Å². The number of benzene rings is 9. The van der Waals surface area contributed by atoms with E-state index < -0.39 is 0 Å². The molecule has 0 N–H and O–H groups in total. The highest BCUT2D eigenvalue weighted by Gasteiger charge is 2.20. The first-order chi connectivity index (χ1) is 26.7. The molecule has 1 aliphatic carbocycles. The summed E-state index contributed by atoms with van der Waals surface area (Å²) in [6, 6.07) is 57.3. The lowest BCUT2D eigenvalue weighted by molar-refractivity contribution is 0.633. The maximum Gasteiger partial charge on any atom is 0.178 e. The van der Waals surface area contributed by atoms with Gasteiger partial charge in [-0.3, -0.25) is 0 Å². The van der Waals surface area contributed by atoms with Gasteiger partial charge in [0.1, 0.15) is 11.2 Å². The maximum absolute atomic E-state index is 6.60. The summed E-state index contributed by atoms with van der Waals surface area (Å²) >= 11 is 0.